The molecule has 0 saturated carbocycles. The molecule has 1 fully saturated rings. The highest BCUT2D eigenvalue weighted by molar-refractivity contribution is 5.74. The van der Waals surface area contributed by atoms with E-state index in [0.717, 1.165) is 39.1 Å². The van der Waals surface area contributed by atoms with Gasteiger partial charge in [0.1, 0.15) is 0 Å². The quantitative estimate of drug-likeness (QED) is 0.922. The summed E-state index contributed by atoms with van der Waals surface area (Å²) in [6.45, 7) is 11.8. The molecule has 1 saturated heterocycles. The molecule has 1 aromatic carbocycles. The number of nitrogens with one attached hydrogen (secondary N) is 1. The molecule has 21 heavy (non-hydrogen) atoms. The highest BCUT2D eigenvalue weighted by atomic mass is 16.2. The van der Waals surface area contributed by atoms with E-state index in [9.17, 15) is 4.79 Å². The van der Waals surface area contributed by atoms with Gasteiger partial charge in [0.25, 0.3) is 0 Å². The first kappa shape index (κ1) is 15.8. The first-order valence-corrected chi connectivity index (χ1v) is 7.91. The first-order chi connectivity index (χ1) is 10.1. The number of carbonyl (C=O) groups is 1. The number of piperazine rings is 1. The fourth-order valence-electron chi connectivity index (χ4n) is 2.81. The first-order valence-electron chi connectivity index (χ1n) is 7.91. The third-order valence-corrected chi connectivity index (χ3v) is 4.28. The molecular weight excluding hydrogens is 262 g/mol. The minimum absolute atomic E-state index is 0.0792. The normalized spacial score (nSPS) is 16.0. The Bertz CT molecular complexity index is 479. The summed E-state index contributed by atoms with van der Waals surface area (Å²) in [5.41, 5.74) is 3.91. The molecule has 1 heterocycles. The zero-order valence-corrected chi connectivity index (χ0v) is 13.5. The summed E-state index contributed by atoms with van der Waals surface area (Å²) in [6.07, 6.45) is 0.896. The van der Waals surface area contributed by atoms with Crippen LogP contribution in [-0.4, -0.2) is 55.1 Å². The topological polar surface area (TPSA) is 35.6 Å². The van der Waals surface area contributed by atoms with Crippen molar-refractivity contribution in [2.45, 2.75) is 27.2 Å². The number of aryl methyl sites for hydroxylation is 2. The number of likely N-dealkylation sites (N-methyl/N-ethyl adjacent to an activating group) is 1. The predicted octanol–water partition coefficient (Wildman–Crippen LogP) is 2.19. The van der Waals surface area contributed by atoms with Crippen molar-refractivity contribution in [3.63, 3.8) is 0 Å². The Morgan fingerprint density at radius 1 is 1.19 bits per heavy atom. The molecule has 0 atom stereocenters. The summed E-state index contributed by atoms with van der Waals surface area (Å²) in [5.74, 6) is 0. The molecule has 1 aliphatic heterocycles. The molecule has 4 nitrogen and oxygen atoms in total. The van der Waals surface area contributed by atoms with Gasteiger partial charge in [-0.05, 0) is 37.9 Å². The molecule has 2 rings (SSSR count). The van der Waals surface area contributed by atoms with Gasteiger partial charge in [-0.1, -0.05) is 30.7 Å². The monoisotopic (exact) mass is 289 g/mol. The molecule has 2 amide bonds. The summed E-state index contributed by atoms with van der Waals surface area (Å²) in [5, 5.41) is 3.04. The molecule has 1 aromatic rings. The number of nitrogens with zero attached hydrogens (tertiary/aromatic N) is 2. The van der Waals surface area contributed by atoms with E-state index in [1.807, 2.05) is 4.90 Å². The number of urea groups is 1. The Morgan fingerprint density at radius 2 is 1.90 bits per heavy atom. The second-order valence-electron chi connectivity index (χ2n) is 5.83. The van der Waals surface area contributed by atoms with Gasteiger partial charge in [0.15, 0.2) is 0 Å². The number of carbonyl (C=O) groups excluding carboxylic acids is 1. The average molecular weight is 289 g/mol. The predicted molar refractivity (Wildman–Crippen MR) is 86.7 cm³/mol. The number of amides is 2. The van der Waals surface area contributed by atoms with Crippen LogP contribution in [0, 0.1) is 13.8 Å². The summed E-state index contributed by atoms with van der Waals surface area (Å²) < 4.78 is 0. The van der Waals surface area contributed by atoms with Crippen molar-refractivity contribution < 1.29 is 4.79 Å². The molecule has 0 bridgehead atoms. The Labute approximate surface area is 128 Å². The van der Waals surface area contributed by atoms with E-state index in [4.69, 9.17) is 0 Å². The van der Waals surface area contributed by atoms with Crippen molar-refractivity contribution in [3.05, 3.63) is 34.9 Å². The van der Waals surface area contributed by atoms with Gasteiger partial charge in [0, 0.05) is 32.7 Å². The molecule has 1 aliphatic rings. The maximum Gasteiger partial charge on any atom is 0.317 e. The van der Waals surface area contributed by atoms with Crippen molar-refractivity contribution in [2.75, 3.05) is 39.3 Å². The fraction of sp³-hybridized carbons (Fsp3) is 0.588. The Kier molecular flexibility index (Phi) is 5.62. The molecule has 0 spiro atoms. The van der Waals surface area contributed by atoms with Crippen molar-refractivity contribution >= 4 is 6.03 Å². The maximum absolute atomic E-state index is 12.1. The minimum atomic E-state index is 0.0792. The number of hydrogen-bond donors (Lipinski definition) is 1. The van der Waals surface area contributed by atoms with Gasteiger partial charge in [0.2, 0.25) is 0 Å². The van der Waals surface area contributed by atoms with Crippen LogP contribution in [0.1, 0.15) is 23.6 Å². The van der Waals surface area contributed by atoms with E-state index in [-0.39, 0.29) is 6.03 Å². The fourth-order valence-corrected chi connectivity index (χ4v) is 2.81. The Morgan fingerprint density at radius 3 is 2.52 bits per heavy atom. The lowest BCUT2D eigenvalue weighted by atomic mass is 10.0. The maximum atomic E-state index is 12.1. The van der Waals surface area contributed by atoms with Crippen molar-refractivity contribution in [1.82, 2.24) is 15.1 Å². The van der Waals surface area contributed by atoms with Crippen LogP contribution in [0.3, 0.4) is 0 Å². The minimum Gasteiger partial charge on any atom is -0.338 e. The van der Waals surface area contributed by atoms with Crippen LogP contribution in [-0.2, 0) is 6.42 Å². The SMILES string of the molecule is CCN1CCN(C(=O)NCCc2ccc(C)cc2C)CC1. The van der Waals surface area contributed by atoms with Crippen LogP contribution in [0.4, 0.5) is 4.79 Å². The van der Waals surface area contributed by atoms with Gasteiger partial charge in [-0.3, -0.25) is 0 Å². The van der Waals surface area contributed by atoms with E-state index in [1.165, 1.54) is 16.7 Å². The lowest BCUT2D eigenvalue weighted by molar-refractivity contribution is 0.143. The largest absolute Gasteiger partial charge is 0.338 e. The lowest BCUT2D eigenvalue weighted by Gasteiger charge is -2.34. The molecule has 0 radical (unpaired) electrons. The van der Waals surface area contributed by atoms with Gasteiger partial charge < -0.3 is 15.1 Å². The number of rotatable bonds is 4. The molecule has 116 valence electrons. The van der Waals surface area contributed by atoms with Gasteiger partial charge >= 0.3 is 6.03 Å². The molecule has 0 aliphatic carbocycles. The molecule has 0 aromatic heterocycles. The zero-order valence-electron chi connectivity index (χ0n) is 13.5. The van der Waals surface area contributed by atoms with Crippen molar-refractivity contribution in [3.8, 4) is 0 Å². The highest BCUT2D eigenvalue weighted by Gasteiger charge is 2.19. The van der Waals surface area contributed by atoms with Crippen molar-refractivity contribution in [1.29, 1.82) is 0 Å². The van der Waals surface area contributed by atoms with Crippen LogP contribution in [0.15, 0.2) is 18.2 Å². The number of hydrogen-bond acceptors (Lipinski definition) is 2. The standard InChI is InChI=1S/C17H27N3O/c1-4-19-9-11-20(12-10-19)17(21)18-8-7-16-6-5-14(2)13-15(16)3/h5-6,13H,4,7-12H2,1-3H3,(H,18,21). The summed E-state index contributed by atoms with van der Waals surface area (Å²) >= 11 is 0. The Balaban J connectivity index is 1.74. The van der Waals surface area contributed by atoms with Crippen LogP contribution in [0.2, 0.25) is 0 Å². The molecular formula is C17H27N3O. The van der Waals surface area contributed by atoms with E-state index in [0.29, 0.717) is 6.54 Å². The third kappa shape index (κ3) is 4.46. The lowest BCUT2D eigenvalue weighted by Crippen LogP contribution is -2.51. The van der Waals surface area contributed by atoms with Crippen LogP contribution >= 0.6 is 0 Å². The number of benzene rings is 1. The highest BCUT2D eigenvalue weighted by Crippen LogP contribution is 2.10. The van der Waals surface area contributed by atoms with Crippen molar-refractivity contribution in [2.24, 2.45) is 0 Å². The smallest absolute Gasteiger partial charge is 0.317 e. The van der Waals surface area contributed by atoms with Gasteiger partial charge in [-0.2, -0.15) is 0 Å². The van der Waals surface area contributed by atoms with Gasteiger partial charge in [0.05, 0.1) is 0 Å². The average Bonchev–Trinajstić information content (AvgIpc) is 2.49. The molecule has 4 heteroatoms. The van der Waals surface area contributed by atoms with Crippen LogP contribution in [0.5, 0.6) is 0 Å². The van der Waals surface area contributed by atoms with E-state index in [1.54, 1.807) is 0 Å². The molecule has 0 unspecified atom stereocenters. The Hall–Kier alpha value is -1.55. The third-order valence-electron chi connectivity index (χ3n) is 4.28. The summed E-state index contributed by atoms with van der Waals surface area (Å²) in [7, 11) is 0. The van der Waals surface area contributed by atoms with Crippen LogP contribution < -0.4 is 5.32 Å². The van der Waals surface area contributed by atoms with Crippen LogP contribution in [0.25, 0.3) is 0 Å². The van der Waals surface area contributed by atoms with E-state index >= 15 is 0 Å². The van der Waals surface area contributed by atoms with E-state index in [2.05, 4.69) is 49.2 Å². The second kappa shape index (κ2) is 7.46. The summed E-state index contributed by atoms with van der Waals surface area (Å²) in [4.78, 5) is 16.4. The van der Waals surface area contributed by atoms with E-state index < -0.39 is 0 Å². The summed E-state index contributed by atoms with van der Waals surface area (Å²) in [6, 6.07) is 6.57. The molecule has 1 N–H and O–H groups in total. The van der Waals surface area contributed by atoms with Gasteiger partial charge in [-0.25, -0.2) is 4.79 Å². The second-order valence-corrected chi connectivity index (χ2v) is 5.83. The van der Waals surface area contributed by atoms with Gasteiger partial charge in [-0.15, -0.1) is 0 Å². The zero-order chi connectivity index (χ0) is 15.2.